The zero-order chi connectivity index (χ0) is 10.6. The van der Waals surface area contributed by atoms with Crippen molar-refractivity contribution in [1.29, 1.82) is 0 Å². The van der Waals surface area contributed by atoms with Crippen LogP contribution in [0.1, 0.15) is 34.6 Å². The molecule has 0 aromatic heterocycles. The lowest BCUT2D eigenvalue weighted by Crippen LogP contribution is -2.50. The van der Waals surface area contributed by atoms with Gasteiger partial charge in [0.2, 0.25) is 0 Å². The zero-order valence-electron chi connectivity index (χ0n) is 9.67. The summed E-state index contributed by atoms with van der Waals surface area (Å²) in [5, 5.41) is 0. The molecular weight excluding hydrogens is 162 g/mol. The number of hydrogen-bond donors (Lipinski definition) is 2. The van der Waals surface area contributed by atoms with Crippen LogP contribution in [0.25, 0.3) is 0 Å². The summed E-state index contributed by atoms with van der Waals surface area (Å²) in [6.45, 7) is 12.4. The van der Waals surface area contributed by atoms with Crippen LogP contribution in [-0.2, 0) is 0 Å². The van der Waals surface area contributed by atoms with Gasteiger partial charge in [-0.3, -0.25) is 4.90 Å². The maximum atomic E-state index is 5.78. The number of rotatable bonds is 4. The summed E-state index contributed by atoms with van der Waals surface area (Å²) in [6.07, 6.45) is 0. The van der Waals surface area contributed by atoms with Crippen LogP contribution in [0.4, 0.5) is 0 Å². The van der Waals surface area contributed by atoms with Gasteiger partial charge >= 0.3 is 0 Å². The van der Waals surface area contributed by atoms with E-state index in [4.69, 9.17) is 11.5 Å². The van der Waals surface area contributed by atoms with Gasteiger partial charge < -0.3 is 11.5 Å². The van der Waals surface area contributed by atoms with Crippen LogP contribution >= 0.6 is 0 Å². The molecule has 0 heterocycles. The van der Waals surface area contributed by atoms with Gasteiger partial charge in [-0.05, 0) is 34.6 Å². The minimum absolute atomic E-state index is 0.154. The summed E-state index contributed by atoms with van der Waals surface area (Å²) in [4.78, 5) is 2.34. The summed E-state index contributed by atoms with van der Waals surface area (Å²) in [5.74, 6) is 0. The Balaban J connectivity index is 4.20. The fourth-order valence-electron chi connectivity index (χ4n) is 1.32. The molecule has 0 aliphatic heterocycles. The van der Waals surface area contributed by atoms with Gasteiger partial charge in [-0.2, -0.15) is 0 Å². The second kappa shape index (κ2) is 4.94. The van der Waals surface area contributed by atoms with Gasteiger partial charge in [0.15, 0.2) is 0 Å². The van der Waals surface area contributed by atoms with Crippen LogP contribution < -0.4 is 11.5 Å². The van der Waals surface area contributed by atoms with Crippen molar-refractivity contribution >= 4 is 0 Å². The molecule has 4 N–H and O–H groups in total. The van der Waals surface area contributed by atoms with Crippen molar-refractivity contribution in [2.75, 3.05) is 13.1 Å². The van der Waals surface area contributed by atoms with E-state index >= 15 is 0 Å². The van der Waals surface area contributed by atoms with Crippen LogP contribution in [-0.4, -0.2) is 35.6 Å². The fourth-order valence-corrected chi connectivity index (χ4v) is 1.32. The summed E-state index contributed by atoms with van der Waals surface area (Å²) < 4.78 is 0. The van der Waals surface area contributed by atoms with Crippen molar-refractivity contribution in [3.8, 4) is 0 Å². The topological polar surface area (TPSA) is 55.3 Å². The molecule has 0 aromatic carbocycles. The average Bonchev–Trinajstić information content (AvgIpc) is 1.81. The average molecular weight is 187 g/mol. The van der Waals surface area contributed by atoms with Crippen LogP contribution in [0.5, 0.6) is 0 Å². The highest BCUT2D eigenvalue weighted by Gasteiger charge is 2.22. The maximum Gasteiger partial charge on any atom is 0.0139 e. The molecule has 2 unspecified atom stereocenters. The molecule has 2 atom stereocenters. The first kappa shape index (κ1) is 12.9. The molecule has 3 heteroatoms. The quantitative estimate of drug-likeness (QED) is 0.684. The molecule has 0 fully saturated rings. The second-order valence-electron chi connectivity index (χ2n) is 5.03. The van der Waals surface area contributed by atoms with Gasteiger partial charge in [-0.25, -0.2) is 0 Å². The molecule has 13 heavy (non-hydrogen) atoms. The van der Waals surface area contributed by atoms with Gasteiger partial charge in [0, 0.05) is 30.7 Å². The van der Waals surface area contributed by atoms with Crippen LogP contribution in [0.3, 0.4) is 0 Å². The van der Waals surface area contributed by atoms with Gasteiger partial charge in [-0.1, -0.05) is 0 Å². The summed E-state index contributed by atoms with van der Waals surface area (Å²) in [7, 11) is 0. The Labute approximate surface area is 82.5 Å². The molecule has 80 valence electrons. The van der Waals surface area contributed by atoms with Crippen molar-refractivity contribution in [3.63, 3.8) is 0 Å². The van der Waals surface area contributed by atoms with Crippen molar-refractivity contribution in [1.82, 2.24) is 4.90 Å². The van der Waals surface area contributed by atoms with Crippen molar-refractivity contribution in [2.45, 2.75) is 52.2 Å². The van der Waals surface area contributed by atoms with Gasteiger partial charge in [-0.15, -0.1) is 0 Å². The van der Waals surface area contributed by atoms with E-state index in [1.54, 1.807) is 0 Å². The Bertz CT molecular complexity index is 126. The number of hydrogen-bond acceptors (Lipinski definition) is 3. The SMILES string of the molecule is CC(N)CN(CC(C)N)C(C)(C)C. The van der Waals surface area contributed by atoms with E-state index in [2.05, 4.69) is 25.7 Å². The van der Waals surface area contributed by atoms with E-state index in [1.165, 1.54) is 0 Å². The third-order valence-electron chi connectivity index (χ3n) is 1.97. The van der Waals surface area contributed by atoms with E-state index in [0.717, 1.165) is 13.1 Å². The molecule has 0 amide bonds. The van der Waals surface area contributed by atoms with E-state index in [9.17, 15) is 0 Å². The predicted octanol–water partition coefficient (Wildman–Crippen LogP) is 0.781. The first-order chi connectivity index (χ1) is 5.73. The maximum absolute atomic E-state index is 5.78. The fraction of sp³-hybridized carbons (Fsp3) is 1.00. The van der Waals surface area contributed by atoms with Crippen LogP contribution in [0, 0.1) is 0 Å². The highest BCUT2D eigenvalue weighted by molar-refractivity contribution is 4.80. The van der Waals surface area contributed by atoms with E-state index in [1.807, 2.05) is 13.8 Å². The van der Waals surface area contributed by atoms with Gasteiger partial charge in [0.05, 0.1) is 0 Å². The van der Waals surface area contributed by atoms with Crippen molar-refractivity contribution in [2.24, 2.45) is 11.5 Å². The van der Waals surface area contributed by atoms with E-state index in [0.29, 0.717) is 0 Å². The lowest BCUT2D eigenvalue weighted by Gasteiger charge is -2.37. The summed E-state index contributed by atoms with van der Waals surface area (Å²) in [6, 6.07) is 0.413. The first-order valence-corrected chi connectivity index (χ1v) is 4.99. The minimum Gasteiger partial charge on any atom is -0.327 e. The van der Waals surface area contributed by atoms with Crippen LogP contribution in [0.15, 0.2) is 0 Å². The Kier molecular flexibility index (Phi) is 4.89. The molecule has 0 rings (SSSR count). The first-order valence-electron chi connectivity index (χ1n) is 4.99. The van der Waals surface area contributed by atoms with Crippen molar-refractivity contribution < 1.29 is 0 Å². The molecule has 0 spiro atoms. The molecular formula is C10H25N3. The Morgan fingerprint density at radius 3 is 1.46 bits per heavy atom. The molecule has 0 aromatic rings. The molecule has 0 saturated heterocycles. The smallest absolute Gasteiger partial charge is 0.0139 e. The van der Waals surface area contributed by atoms with Gasteiger partial charge in [0.25, 0.3) is 0 Å². The lowest BCUT2D eigenvalue weighted by atomic mass is 10.0. The Hall–Kier alpha value is -0.120. The van der Waals surface area contributed by atoms with Crippen LogP contribution in [0.2, 0.25) is 0 Å². The molecule has 0 radical (unpaired) electrons. The van der Waals surface area contributed by atoms with Crippen molar-refractivity contribution in [3.05, 3.63) is 0 Å². The summed E-state index contributed by atoms with van der Waals surface area (Å²) >= 11 is 0. The molecule has 0 aliphatic rings. The third kappa shape index (κ3) is 6.02. The third-order valence-corrected chi connectivity index (χ3v) is 1.97. The summed E-state index contributed by atoms with van der Waals surface area (Å²) in [5.41, 5.74) is 11.7. The minimum atomic E-state index is 0.154. The standard InChI is InChI=1S/C10H25N3/c1-8(11)6-13(7-9(2)12)10(3,4)5/h8-9H,6-7,11-12H2,1-5H3. The second-order valence-corrected chi connectivity index (χ2v) is 5.03. The monoisotopic (exact) mass is 187 g/mol. The molecule has 0 bridgehead atoms. The van der Waals surface area contributed by atoms with E-state index < -0.39 is 0 Å². The Morgan fingerprint density at radius 1 is 1.00 bits per heavy atom. The molecule has 0 saturated carbocycles. The Morgan fingerprint density at radius 2 is 1.31 bits per heavy atom. The molecule has 0 aliphatic carbocycles. The lowest BCUT2D eigenvalue weighted by molar-refractivity contribution is 0.123. The zero-order valence-corrected chi connectivity index (χ0v) is 9.67. The number of nitrogens with zero attached hydrogens (tertiary/aromatic N) is 1. The normalized spacial score (nSPS) is 17.5. The predicted molar refractivity (Wildman–Crippen MR) is 58.6 cm³/mol. The highest BCUT2D eigenvalue weighted by atomic mass is 15.2. The van der Waals surface area contributed by atoms with Gasteiger partial charge in [0.1, 0.15) is 0 Å². The molecule has 3 nitrogen and oxygen atoms in total. The van der Waals surface area contributed by atoms with E-state index in [-0.39, 0.29) is 17.6 Å². The highest BCUT2D eigenvalue weighted by Crippen LogP contribution is 2.13. The largest absolute Gasteiger partial charge is 0.327 e. The number of nitrogens with two attached hydrogens (primary N) is 2.